The molecule has 8 nitrogen and oxygen atoms in total. The van der Waals surface area contributed by atoms with Gasteiger partial charge in [0.2, 0.25) is 0 Å². The summed E-state index contributed by atoms with van der Waals surface area (Å²) in [6.07, 6.45) is 0. The van der Waals surface area contributed by atoms with E-state index < -0.39 is 10.2 Å². The van der Waals surface area contributed by atoms with Gasteiger partial charge in [0.1, 0.15) is 5.69 Å². The smallest absolute Gasteiger partial charge is 0.364 e. The first-order valence-corrected chi connectivity index (χ1v) is 7.74. The third kappa shape index (κ3) is 4.44. The molecule has 3 rings (SSSR count). The maximum Gasteiger partial charge on any atom is 0.532 e. The second kappa shape index (κ2) is 6.57. The highest BCUT2D eigenvalue weighted by Crippen LogP contribution is 2.17. The van der Waals surface area contributed by atoms with Crippen LogP contribution in [0.15, 0.2) is 34.7 Å². The van der Waals surface area contributed by atoms with E-state index in [1.165, 1.54) is 0 Å². The van der Waals surface area contributed by atoms with Gasteiger partial charge < -0.3 is 4.42 Å². The molecule has 0 bridgehead atoms. The molecule has 0 radical (unpaired) electrons. The van der Waals surface area contributed by atoms with Crippen LogP contribution in [0.5, 0.6) is 0 Å². The van der Waals surface area contributed by atoms with Crippen molar-refractivity contribution in [3.8, 4) is 11.5 Å². The number of fused-ring (bicyclic) bond motifs is 1. The zero-order valence-corrected chi connectivity index (χ0v) is 13.4. The summed E-state index contributed by atoms with van der Waals surface area (Å²) < 4.78 is 41.4. The van der Waals surface area contributed by atoms with E-state index in [-0.39, 0.29) is 0 Å². The SMILES string of the molecule is Cc1nc2oc(-c3ccccc3)n[n+]2c(C)c1C.[O-][Cl+3]([O-])([O-])[O-]. The van der Waals surface area contributed by atoms with Gasteiger partial charge in [0, 0.05) is 25.0 Å². The van der Waals surface area contributed by atoms with Crippen molar-refractivity contribution in [2.24, 2.45) is 0 Å². The molecule has 0 fully saturated rings. The summed E-state index contributed by atoms with van der Waals surface area (Å²) in [5, 5.41) is 4.47. The maximum absolute atomic E-state index is 8.49. The Hall–Kier alpha value is -2.10. The van der Waals surface area contributed by atoms with Crippen LogP contribution in [-0.2, 0) is 0 Å². The number of nitrogens with zero attached hydrogens (tertiary/aromatic N) is 3. The summed E-state index contributed by atoms with van der Waals surface area (Å²) in [6.45, 7) is 6.04. The number of benzene rings is 1. The van der Waals surface area contributed by atoms with Crippen molar-refractivity contribution < 1.29 is 37.8 Å². The molecule has 3 aromatic rings. The number of aryl methyl sites for hydroxylation is 2. The predicted octanol–water partition coefficient (Wildman–Crippen LogP) is -2.36. The first-order valence-electron chi connectivity index (χ1n) is 6.50. The highest BCUT2D eigenvalue weighted by atomic mass is 35.7. The summed E-state index contributed by atoms with van der Waals surface area (Å²) in [4.78, 5) is 4.42. The van der Waals surface area contributed by atoms with Gasteiger partial charge in [0.05, 0.1) is 0 Å². The Bertz CT molecular complexity index is 809. The monoisotopic (exact) mass is 339 g/mol. The molecule has 1 aromatic carbocycles. The molecule has 0 N–H and O–H groups in total. The zero-order chi connectivity index (χ0) is 17.2. The minimum absolute atomic E-state index is 0.537. The molecule has 0 aliphatic heterocycles. The molecule has 0 saturated heterocycles. The van der Waals surface area contributed by atoms with Crippen molar-refractivity contribution in [3.05, 3.63) is 47.3 Å². The zero-order valence-electron chi connectivity index (χ0n) is 12.6. The molecule has 0 aliphatic carbocycles. The summed E-state index contributed by atoms with van der Waals surface area (Å²) in [6, 6.07) is 9.84. The minimum atomic E-state index is -4.94. The fourth-order valence-electron chi connectivity index (χ4n) is 1.92. The Morgan fingerprint density at radius 1 is 1.00 bits per heavy atom. The molecule has 122 valence electrons. The van der Waals surface area contributed by atoms with E-state index in [2.05, 4.69) is 10.1 Å². The molecule has 9 heteroatoms. The average Bonchev–Trinajstić information content (AvgIpc) is 2.88. The normalized spacial score (nSPS) is 11.3. The van der Waals surface area contributed by atoms with Crippen LogP contribution in [0.3, 0.4) is 0 Å². The highest BCUT2D eigenvalue weighted by Gasteiger charge is 2.21. The van der Waals surface area contributed by atoms with Crippen LogP contribution in [-0.4, -0.2) is 10.1 Å². The van der Waals surface area contributed by atoms with Gasteiger partial charge in [-0.2, -0.15) is 0 Å². The van der Waals surface area contributed by atoms with Crippen molar-refractivity contribution in [2.75, 3.05) is 0 Å². The lowest BCUT2D eigenvalue weighted by molar-refractivity contribution is -2.00. The third-order valence-electron chi connectivity index (χ3n) is 3.25. The quantitative estimate of drug-likeness (QED) is 0.452. The van der Waals surface area contributed by atoms with E-state index in [1.54, 1.807) is 4.52 Å². The van der Waals surface area contributed by atoms with Crippen molar-refractivity contribution in [3.63, 3.8) is 0 Å². The summed E-state index contributed by atoms with van der Waals surface area (Å²) in [5.74, 6) is 1.13. The van der Waals surface area contributed by atoms with Gasteiger partial charge in [-0.1, -0.05) is 22.7 Å². The lowest BCUT2D eigenvalue weighted by Gasteiger charge is -2.17. The van der Waals surface area contributed by atoms with Gasteiger partial charge >= 0.3 is 5.84 Å². The van der Waals surface area contributed by atoms with Gasteiger partial charge in [-0.25, -0.2) is 18.6 Å². The molecular formula is C14H14ClN3O5. The van der Waals surface area contributed by atoms with Gasteiger partial charge in [0.25, 0.3) is 5.89 Å². The topological polar surface area (TPSA) is 135 Å². The van der Waals surface area contributed by atoms with Crippen LogP contribution >= 0.6 is 0 Å². The largest absolute Gasteiger partial charge is 0.532 e. The lowest BCUT2D eigenvalue weighted by Crippen LogP contribution is -2.68. The second-order valence-electron chi connectivity index (χ2n) is 4.75. The number of hydrogen-bond donors (Lipinski definition) is 0. The van der Waals surface area contributed by atoms with Crippen LogP contribution < -0.4 is 23.2 Å². The Kier molecular flexibility index (Phi) is 4.93. The standard InChI is InChI=1S/C14H14N3O.ClHO4/c1-9-10(2)15-14-17(11(9)3)16-13(18-14)12-7-5-4-6-8-12;2-1(3,4)5/h4-8H,1-3H3;(H,2,3,4,5)/q+1;/p-1. The highest BCUT2D eigenvalue weighted by molar-refractivity contribution is 5.52. The van der Waals surface area contributed by atoms with Crippen LogP contribution in [0.25, 0.3) is 17.3 Å². The summed E-state index contributed by atoms with van der Waals surface area (Å²) in [5.41, 5.74) is 4.13. The maximum atomic E-state index is 8.49. The lowest BCUT2D eigenvalue weighted by atomic mass is 10.2. The Morgan fingerprint density at radius 3 is 2.13 bits per heavy atom. The average molecular weight is 340 g/mol. The molecule has 0 aliphatic rings. The van der Waals surface area contributed by atoms with Crippen LogP contribution in [0, 0.1) is 31.0 Å². The molecule has 0 unspecified atom stereocenters. The summed E-state index contributed by atoms with van der Waals surface area (Å²) >= 11 is 0. The Labute approximate surface area is 134 Å². The van der Waals surface area contributed by atoms with E-state index in [9.17, 15) is 0 Å². The van der Waals surface area contributed by atoms with Gasteiger partial charge in [0.15, 0.2) is 5.69 Å². The van der Waals surface area contributed by atoms with Gasteiger partial charge in [-0.05, 0) is 29.1 Å². The van der Waals surface area contributed by atoms with E-state index in [0.29, 0.717) is 11.7 Å². The first-order chi connectivity index (χ1) is 10.7. The second-order valence-corrected chi connectivity index (χ2v) is 5.51. The first kappa shape index (κ1) is 17.3. The molecule has 0 saturated carbocycles. The van der Waals surface area contributed by atoms with Crippen molar-refractivity contribution in [2.45, 2.75) is 20.8 Å². The molecule has 2 heterocycles. The fraction of sp³-hybridized carbons (Fsp3) is 0.214. The van der Waals surface area contributed by atoms with E-state index in [0.717, 1.165) is 22.5 Å². The van der Waals surface area contributed by atoms with Crippen molar-refractivity contribution in [1.29, 1.82) is 0 Å². The number of hydrogen-bond acceptors (Lipinski definition) is 7. The van der Waals surface area contributed by atoms with E-state index >= 15 is 0 Å². The number of halogens is 1. The van der Waals surface area contributed by atoms with E-state index in [4.69, 9.17) is 23.1 Å². The minimum Gasteiger partial charge on any atom is -0.364 e. The summed E-state index contributed by atoms with van der Waals surface area (Å²) in [7, 11) is -4.94. The molecule has 23 heavy (non-hydrogen) atoms. The molecule has 0 spiro atoms. The Balaban J connectivity index is 0.000000338. The molecular weight excluding hydrogens is 326 g/mol. The van der Waals surface area contributed by atoms with Gasteiger partial charge in [-0.15, -0.1) is 10.2 Å². The van der Waals surface area contributed by atoms with Crippen molar-refractivity contribution >= 4 is 5.84 Å². The molecule has 2 aromatic heterocycles. The van der Waals surface area contributed by atoms with Crippen LogP contribution in [0.4, 0.5) is 0 Å². The Morgan fingerprint density at radius 2 is 1.57 bits per heavy atom. The van der Waals surface area contributed by atoms with Gasteiger partial charge in [-0.3, -0.25) is 0 Å². The molecule has 0 amide bonds. The number of aromatic nitrogens is 3. The third-order valence-corrected chi connectivity index (χ3v) is 3.25. The fourth-order valence-corrected chi connectivity index (χ4v) is 1.92. The van der Waals surface area contributed by atoms with Crippen LogP contribution in [0.1, 0.15) is 17.0 Å². The van der Waals surface area contributed by atoms with E-state index in [1.807, 2.05) is 51.1 Å². The number of rotatable bonds is 1. The van der Waals surface area contributed by atoms with Crippen LogP contribution in [0.2, 0.25) is 0 Å². The van der Waals surface area contributed by atoms with Crippen molar-refractivity contribution in [1.82, 2.24) is 10.1 Å². The predicted molar refractivity (Wildman–Crippen MR) is 67.1 cm³/mol. The molecule has 0 atom stereocenters.